The minimum absolute atomic E-state index is 0.0776. The van der Waals surface area contributed by atoms with E-state index in [-0.39, 0.29) is 36.4 Å². The molecule has 0 saturated carbocycles. The molecule has 0 radical (unpaired) electrons. The number of fused-ring (bicyclic) bond motifs is 2. The number of nitrogens with zero attached hydrogens (tertiary/aromatic N) is 1. The van der Waals surface area contributed by atoms with E-state index in [9.17, 15) is 13.2 Å². The van der Waals surface area contributed by atoms with E-state index in [2.05, 4.69) is 50.5 Å². The standard InChI is InChI=1S/C23H25BrN4O4S/c24-16-5-6-20-19(11-16)22(21(27-20)23(25)29)33(30,31)28-7-8-32-18(13-28)12-26-17-9-14-3-1-2-4-15(14)10-17/h1-6,11,17-18,26-27H,7-10,12-13H2,(H2,25,29). The molecule has 8 nitrogen and oxygen atoms in total. The van der Waals surface area contributed by atoms with E-state index in [1.54, 1.807) is 18.2 Å². The third-order valence-corrected chi connectivity index (χ3v) is 8.79. The first-order valence-corrected chi connectivity index (χ1v) is 13.1. The maximum Gasteiger partial charge on any atom is 0.266 e. The van der Waals surface area contributed by atoms with Crippen molar-refractivity contribution in [2.45, 2.75) is 29.9 Å². The van der Waals surface area contributed by atoms with Crippen LogP contribution in [0.5, 0.6) is 0 Å². The first kappa shape index (κ1) is 22.5. The van der Waals surface area contributed by atoms with E-state index in [0.29, 0.717) is 28.0 Å². The largest absolute Gasteiger partial charge is 0.374 e. The molecule has 5 rings (SSSR count). The van der Waals surface area contributed by atoms with Crippen molar-refractivity contribution in [3.05, 3.63) is 63.8 Å². The smallest absolute Gasteiger partial charge is 0.266 e. The van der Waals surface area contributed by atoms with Crippen LogP contribution in [0.3, 0.4) is 0 Å². The number of morpholine rings is 1. The monoisotopic (exact) mass is 532 g/mol. The number of nitrogens with one attached hydrogen (secondary N) is 2. The molecule has 2 heterocycles. The van der Waals surface area contributed by atoms with E-state index in [0.717, 1.165) is 12.8 Å². The van der Waals surface area contributed by atoms with Crippen molar-refractivity contribution >= 4 is 42.8 Å². The van der Waals surface area contributed by atoms with E-state index in [1.807, 2.05) is 0 Å². The van der Waals surface area contributed by atoms with Crippen LogP contribution in [0.4, 0.5) is 0 Å². The van der Waals surface area contributed by atoms with Crippen LogP contribution >= 0.6 is 15.9 Å². The van der Waals surface area contributed by atoms with Crippen LogP contribution < -0.4 is 11.1 Å². The molecule has 1 saturated heterocycles. The second-order valence-electron chi connectivity index (χ2n) is 8.52. The van der Waals surface area contributed by atoms with Crippen LogP contribution in [-0.4, -0.2) is 62.0 Å². The highest BCUT2D eigenvalue weighted by Crippen LogP contribution is 2.32. The zero-order valence-corrected chi connectivity index (χ0v) is 20.3. The fourth-order valence-corrected chi connectivity index (χ4v) is 6.90. The molecule has 0 bridgehead atoms. The Kier molecular flexibility index (Phi) is 6.04. The predicted molar refractivity (Wildman–Crippen MR) is 129 cm³/mol. The molecule has 33 heavy (non-hydrogen) atoms. The fourth-order valence-electron chi connectivity index (χ4n) is 4.75. The Balaban J connectivity index is 1.34. The molecule has 1 unspecified atom stereocenters. The van der Waals surface area contributed by atoms with Gasteiger partial charge in [0, 0.05) is 41.1 Å². The number of aromatic amines is 1. The van der Waals surface area contributed by atoms with Crippen molar-refractivity contribution in [3.63, 3.8) is 0 Å². The minimum Gasteiger partial charge on any atom is -0.374 e. The van der Waals surface area contributed by atoms with Crippen molar-refractivity contribution in [1.82, 2.24) is 14.6 Å². The lowest BCUT2D eigenvalue weighted by Gasteiger charge is -2.33. The molecule has 1 aromatic heterocycles. The van der Waals surface area contributed by atoms with Gasteiger partial charge in [0.25, 0.3) is 5.91 Å². The van der Waals surface area contributed by atoms with Crippen LogP contribution in [-0.2, 0) is 27.6 Å². The molecule has 1 atom stereocenters. The number of nitrogens with two attached hydrogens (primary N) is 1. The second kappa shape index (κ2) is 8.84. The minimum atomic E-state index is -3.98. The Morgan fingerprint density at radius 2 is 1.94 bits per heavy atom. The number of ether oxygens (including phenoxy) is 1. The van der Waals surface area contributed by atoms with Crippen LogP contribution in [0.1, 0.15) is 21.6 Å². The van der Waals surface area contributed by atoms with Crippen molar-refractivity contribution in [2.24, 2.45) is 5.73 Å². The highest BCUT2D eigenvalue weighted by atomic mass is 79.9. The Morgan fingerprint density at radius 3 is 2.64 bits per heavy atom. The van der Waals surface area contributed by atoms with Crippen molar-refractivity contribution in [3.8, 4) is 0 Å². The maximum absolute atomic E-state index is 13.7. The number of H-pyrrole nitrogens is 1. The number of amides is 1. The average Bonchev–Trinajstić information content (AvgIpc) is 3.39. The Labute approximate surface area is 200 Å². The van der Waals surface area contributed by atoms with Crippen molar-refractivity contribution < 1.29 is 17.9 Å². The maximum atomic E-state index is 13.7. The Hall–Kier alpha value is -2.24. The first-order chi connectivity index (χ1) is 15.8. The van der Waals surface area contributed by atoms with Gasteiger partial charge in [-0.05, 0) is 42.2 Å². The van der Waals surface area contributed by atoms with Crippen LogP contribution in [0, 0.1) is 0 Å². The summed E-state index contributed by atoms with van der Waals surface area (Å²) in [5.74, 6) is -0.812. The molecule has 1 amide bonds. The van der Waals surface area contributed by atoms with Crippen LogP contribution in [0.15, 0.2) is 51.8 Å². The van der Waals surface area contributed by atoms with Gasteiger partial charge in [0.05, 0.1) is 12.7 Å². The molecule has 4 N–H and O–H groups in total. The quantitative estimate of drug-likeness (QED) is 0.449. The third-order valence-electron chi connectivity index (χ3n) is 6.34. The lowest BCUT2D eigenvalue weighted by Crippen LogP contribution is -2.50. The number of rotatable bonds is 6. The molecule has 174 valence electrons. The van der Waals surface area contributed by atoms with E-state index >= 15 is 0 Å². The number of aromatic nitrogens is 1. The molecule has 2 aliphatic rings. The summed E-state index contributed by atoms with van der Waals surface area (Å²) in [5, 5.41) is 3.97. The molecular weight excluding hydrogens is 508 g/mol. The summed E-state index contributed by atoms with van der Waals surface area (Å²) in [6, 6.07) is 13.9. The van der Waals surface area contributed by atoms with E-state index in [1.165, 1.54) is 15.4 Å². The van der Waals surface area contributed by atoms with Gasteiger partial charge in [0.1, 0.15) is 10.6 Å². The molecule has 1 aliphatic heterocycles. The lowest BCUT2D eigenvalue weighted by atomic mass is 10.1. The van der Waals surface area contributed by atoms with Gasteiger partial charge in [-0.2, -0.15) is 4.31 Å². The summed E-state index contributed by atoms with van der Waals surface area (Å²) in [6.07, 6.45) is 1.62. The summed E-state index contributed by atoms with van der Waals surface area (Å²) >= 11 is 3.38. The molecule has 3 aromatic rings. The highest BCUT2D eigenvalue weighted by molar-refractivity contribution is 9.10. The predicted octanol–water partition coefficient (Wildman–Crippen LogP) is 2.18. The number of carbonyl (C=O) groups excluding carboxylic acids is 1. The van der Waals surface area contributed by atoms with Crippen LogP contribution in [0.2, 0.25) is 0 Å². The van der Waals surface area contributed by atoms with Gasteiger partial charge >= 0.3 is 0 Å². The summed E-state index contributed by atoms with van der Waals surface area (Å²) < 4.78 is 35.3. The summed E-state index contributed by atoms with van der Waals surface area (Å²) in [7, 11) is -3.98. The van der Waals surface area contributed by atoms with Gasteiger partial charge in [-0.1, -0.05) is 40.2 Å². The number of halogens is 1. The van der Waals surface area contributed by atoms with Gasteiger partial charge in [-0.25, -0.2) is 8.42 Å². The Bertz CT molecular complexity index is 1300. The zero-order valence-electron chi connectivity index (χ0n) is 17.9. The molecule has 10 heteroatoms. The number of benzene rings is 2. The molecule has 1 fully saturated rings. The van der Waals surface area contributed by atoms with Gasteiger partial charge in [0.2, 0.25) is 10.0 Å². The number of primary amides is 1. The number of carbonyl (C=O) groups is 1. The van der Waals surface area contributed by atoms with E-state index in [4.69, 9.17) is 10.5 Å². The topological polar surface area (TPSA) is 118 Å². The normalized spacial score (nSPS) is 19.7. The molecular formula is C23H25BrN4O4S. The van der Waals surface area contributed by atoms with Gasteiger partial charge in [0.15, 0.2) is 0 Å². The van der Waals surface area contributed by atoms with Crippen molar-refractivity contribution in [2.75, 3.05) is 26.2 Å². The summed E-state index contributed by atoms with van der Waals surface area (Å²) in [5.41, 5.74) is 8.67. The molecule has 0 spiro atoms. The summed E-state index contributed by atoms with van der Waals surface area (Å²) in [4.78, 5) is 14.9. The number of sulfonamides is 1. The fraction of sp³-hybridized carbons (Fsp3) is 0.348. The highest BCUT2D eigenvalue weighted by Gasteiger charge is 2.36. The number of hydrogen-bond acceptors (Lipinski definition) is 5. The average molecular weight is 533 g/mol. The second-order valence-corrected chi connectivity index (χ2v) is 11.3. The Morgan fingerprint density at radius 1 is 1.21 bits per heavy atom. The lowest BCUT2D eigenvalue weighted by molar-refractivity contribution is -0.00136. The first-order valence-electron chi connectivity index (χ1n) is 10.9. The SMILES string of the molecule is NC(=O)c1[nH]c2ccc(Br)cc2c1S(=O)(=O)N1CCOC(CNC2Cc3ccccc3C2)C1. The third kappa shape index (κ3) is 4.33. The van der Waals surface area contributed by atoms with Gasteiger partial charge < -0.3 is 20.8 Å². The van der Waals surface area contributed by atoms with Gasteiger partial charge in [-0.15, -0.1) is 0 Å². The summed E-state index contributed by atoms with van der Waals surface area (Å²) in [6.45, 7) is 1.25. The van der Waals surface area contributed by atoms with E-state index < -0.39 is 15.9 Å². The number of hydrogen-bond donors (Lipinski definition) is 3. The zero-order chi connectivity index (χ0) is 23.2. The molecule has 1 aliphatic carbocycles. The molecule has 2 aromatic carbocycles. The van der Waals surface area contributed by atoms with Crippen LogP contribution in [0.25, 0.3) is 10.9 Å². The van der Waals surface area contributed by atoms with Gasteiger partial charge in [-0.3, -0.25) is 4.79 Å². The van der Waals surface area contributed by atoms with Crippen molar-refractivity contribution in [1.29, 1.82) is 0 Å².